The number of morpholine rings is 1. The number of hydrogen-bond donors (Lipinski definition) is 1. The van der Waals surface area contributed by atoms with Gasteiger partial charge in [-0.25, -0.2) is 0 Å². The molecule has 2 aromatic rings. The third-order valence-electron chi connectivity index (χ3n) is 4.24. The monoisotopic (exact) mass is 325 g/mol. The number of carbonyl (C=O) groups is 1. The van der Waals surface area contributed by atoms with E-state index >= 15 is 0 Å². The summed E-state index contributed by atoms with van der Waals surface area (Å²) in [6.07, 6.45) is 1.74. The molecule has 1 N–H and O–H groups in total. The van der Waals surface area contributed by atoms with Gasteiger partial charge in [0.15, 0.2) is 0 Å². The highest BCUT2D eigenvalue weighted by molar-refractivity contribution is 5.95. The summed E-state index contributed by atoms with van der Waals surface area (Å²) in [5, 5.41) is 3.05. The molecule has 1 amide bonds. The molecule has 1 aliphatic rings. The Balaban J connectivity index is 1.70. The maximum Gasteiger partial charge on any atom is 0.252 e. The standard InChI is InChI=1S/C19H23N3O2/c1-15(18-8-4-5-9-20-18)21-19(23)17-7-3-2-6-16(17)14-22-10-12-24-13-11-22/h2-9,15H,10-14H2,1H3,(H,21,23). The second kappa shape index (κ2) is 8.04. The van der Waals surface area contributed by atoms with Gasteiger partial charge in [0, 0.05) is 31.4 Å². The molecule has 0 bridgehead atoms. The van der Waals surface area contributed by atoms with E-state index < -0.39 is 0 Å². The zero-order valence-corrected chi connectivity index (χ0v) is 13.9. The van der Waals surface area contributed by atoms with Gasteiger partial charge in [0.25, 0.3) is 5.91 Å². The van der Waals surface area contributed by atoms with Crippen LogP contribution in [0, 0.1) is 0 Å². The number of carbonyl (C=O) groups excluding carboxylic acids is 1. The Morgan fingerprint density at radius 3 is 2.71 bits per heavy atom. The van der Waals surface area contributed by atoms with Crippen molar-refractivity contribution >= 4 is 5.91 Å². The van der Waals surface area contributed by atoms with E-state index in [1.807, 2.05) is 49.4 Å². The zero-order valence-electron chi connectivity index (χ0n) is 13.9. The fraction of sp³-hybridized carbons (Fsp3) is 0.368. The number of amides is 1. The van der Waals surface area contributed by atoms with Crippen LogP contribution in [0.1, 0.15) is 34.6 Å². The molecule has 0 saturated carbocycles. The van der Waals surface area contributed by atoms with Gasteiger partial charge in [-0.3, -0.25) is 14.7 Å². The van der Waals surface area contributed by atoms with Crippen molar-refractivity contribution in [3.05, 3.63) is 65.5 Å². The lowest BCUT2D eigenvalue weighted by Gasteiger charge is -2.27. The van der Waals surface area contributed by atoms with Crippen LogP contribution in [0.4, 0.5) is 0 Å². The van der Waals surface area contributed by atoms with Crippen LogP contribution in [0.3, 0.4) is 0 Å². The van der Waals surface area contributed by atoms with Gasteiger partial charge < -0.3 is 10.1 Å². The van der Waals surface area contributed by atoms with Crippen LogP contribution in [0.15, 0.2) is 48.7 Å². The molecule has 5 nitrogen and oxygen atoms in total. The fourth-order valence-corrected chi connectivity index (χ4v) is 2.86. The average molecular weight is 325 g/mol. The summed E-state index contributed by atoms with van der Waals surface area (Å²) in [6, 6.07) is 13.4. The highest BCUT2D eigenvalue weighted by Crippen LogP contribution is 2.15. The van der Waals surface area contributed by atoms with Gasteiger partial charge >= 0.3 is 0 Å². The molecule has 3 rings (SSSR count). The Bertz CT molecular complexity index is 669. The van der Waals surface area contributed by atoms with Crippen molar-refractivity contribution in [3.8, 4) is 0 Å². The predicted octanol–water partition coefficient (Wildman–Crippen LogP) is 2.40. The van der Waals surface area contributed by atoms with E-state index in [1.165, 1.54) is 0 Å². The van der Waals surface area contributed by atoms with Crippen molar-refractivity contribution in [2.24, 2.45) is 0 Å². The fourth-order valence-electron chi connectivity index (χ4n) is 2.86. The van der Waals surface area contributed by atoms with Gasteiger partial charge in [0.1, 0.15) is 0 Å². The van der Waals surface area contributed by atoms with Crippen molar-refractivity contribution in [1.82, 2.24) is 15.2 Å². The molecule has 1 aromatic carbocycles. The molecule has 0 spiro atoms. The van der Waals surface area contributed by atoms with Crippen LogP contribution < -0.4 is 5.32 Å². The summed E-state index contributed by atoms with van der Waals surface area (Å²) < 4.78 is 5.39. The third kappa shape index (κ3) is 4.19. The molecule has 1 fully saturated rings. The maximum absolute atomic E-state index is 12.7. The zero-order chi connectivity index (χ0) is 16.8. The van der Waals surface area contributed by atoms with Crippen molar-refractivity contribution in [2.45, 2.75) is 19.5 Å². The number of hydrogen-bond acceptors (Lipinski definition) is 4. The molecule has 5 heteroatoms. The minimum absolute atomic E-state index is 0.0583. The highest BCUT2D eigenvalue weighted by atomic mass is 16.5. The van der Waals surface area contributed by atoms with Gasteiger partial charge in [0.05, 0.1) is 24.9 Å². The van der Waals surface area contributed by atoms with Crippen LogP contribution >= 0.6 is 0 Å². The molecule has 24 heavy (non-hydrogen) atoms. The van der Waals surface area contributed by atoms with Crippen LogP contribution in [0.2, 0.25) is 0 Å². The van der Waals surface area contributed by atoms with Crippen molar-refractivity contribution in [2.75, 3.05) is 26.3 Å². The van der Waals surface area contributed by atoms with Crippen LogP contribution in [0.25, 0.3) is 0 Å². The molecule has 0 aliphatic carbocycles. The van der Waals surface area contributed by atoms with E-state index in [4.69, 9.17) is 4.74 Å². The molecule has 1 aromatic heterocycles. The topological polar surface area (TPSA) is 54.5 Å². The van der Waals surface area contributed by atoms with E-state index in [0.29, 0.717) is 0 Å². The molecule has 2 heterocycles. The molecule has 1 aliphatic heterocycles. The normalized spacial score (nSPS) is 16.5. The van der Waals surface area contributed by atoms with Gasteiger partial charge in [-0.05, 0) is 30.7 Å². The number of benzene rings is 1. The summed E-state index contributed by atoms with van der Waals surface area (Å²) in [6.45, 7) is 6.03. The Hall–Kier alpha value is -2.24. The number of aromatic nitrogens is 1. The SMILES string of the molecule is CC(NC(=O)c1ccccc1CN1CCOCC1)c1ccccn1. The minimum atomic E-state index is -0.129. The number of nitrogens with one attached hydrogen (secondary N) is 1. The predicted molar refractivity (Wildman–Crippen MR) is 92.7 cm³/mol. The first-order valence-corrected chi connectivity index (χ1v) is 8.34. The molecule has 0 radical (unpaired) electrons. The summed E-state index contributed by atoms with van der Waals surface area (Å²) >= 11 is 0. The molecule has 1 unspecified atom stereocenters. The van der Waals surface area contributed by atoms with Gasteiger partial charge in [-0.2, -0.15) is 0 Å². The minimum Gasteiger partial charge on any atom is -0.379 e. The number of rotatable bonds is 5. The molecule has 126 valence electrons. The first-order valence-electron chi connectivity index (χ1n) is 8.34. The quantitative estimate of drug-likeness (QED) is 0.917. The third-order valence-corrected chi connectivity index (χ3v) is 4.24. The molecular weight excluding hydrogens is 302 g/mol. The van der Waals surface area contributed by atoms with E-state index in [0.717, 1.165) is 49.7 Å². The summed E-state index contributed by atoms with van der Waals surface area (Å²) in [5.74, 6) is -0.0583. The van der Waals surface area contributed by atoms with Gasteiger partial charge in [-0.15, -0.1) is 0 Å². The lowest BCUT2D eigenvalue weighted by molar-refractivity contribution is 0.0340. The van der Waals surface area contributed by atoms with Crippen molar-refractivity contribution < 1.29 is 9.53 Å². The Morgan fingerprint density at radius 1 is 1.21 bits per heavy atom. The second-order valence-corrected chi connectivity index (χ2v) is 6.00. The molecule has 1 saturated heterocycles. The summed E-state index contributed by atoms with van der Waals surface area (Å²) in [5.41, 5.74) is 2.63. The van der Waals surface area contributed by atoms with Gasteiger partial charge in [-0.1, -0.05) is 24.3 Å². The first kappa shape index (κ1) is 16.6. The second-order valence-electron chi connectivity index (χ2n) is 6.00. The summed E-state index contributed by atoms with van der Waals surface area (Å²) in [4.78, 5) is 19.3. The molecule has 1 atom stereocenters. The van der Waals surface area contributed by atoms with Crippen molar-refractivity contribution in [1.29, 1.82) is 0 Å². The van der Waals surface area contributed by atoms with E-state index in [2.05, 4.69) is 15.2 Å². The first-order chi connectivity index (χ1) is 11.7. The van der Waals surface area contributed by atoms with Crippen LogP contribution in [-0.2, 0) is 11.3 Å². The Morgan fingerprint density at radius 2 is 1.96 bits per heavy atom. The van der Waals surface area contributed by atoms with Crippen LogP contribution in [-0.4, -0.2) is 42.1 Å². The lowest BCUT2D eigenvalue weighted by Crippen LogP contribution is -2.36. The lowest BCUT2D eigenvalue weighted by atomic mass is 10.1. The number of pyridine rings is 1. The summed E-state index contributed by atoms with van der Waals surface area (Å²) in [7, 11) is 0. The van der Waals surface area contributed by atoms with Crippen molar-refractivity contribution in [3.63, 3.8) is 0 Å². The van der Waals surface area contributed by atoms with E-state index in [-0.39, 0.29) is 11.9 Å². The van der Waals surface area contributed by atoms with E-state index in [1.54, 1.807) is 6.20 Å². The Kier molecular flexibility index (Phi) is 5.56. The smallest absolute Gasteiger partial charge is 0.252 e. The Labute approximate surface area is 142 Å². The van der Waals surface area contributed by atoms with E-state index in [9.17, 15) is 4.79 Å². The largest absolute Gasteiger partial charge is 0.379 e. The number of ether oxygens (including phenoxy) is 1. The number of nitrogens with zero attached hydrogens (tertiary/aromatic N) is 2. The maximum atomic E-state index is 12.7. The average Bonchev–Trinajstić information content (AvgIpc) is 2.63. The van der Waals surface area contributed by atoms with Gasteiger partial charge in [0.2, 0.25) is 0 Å². The molecular formula is C19H23N3O2. The highest BCUT2D eigenvalue weighted by Gasteiger charge is 2.18. The van der Waals surface area contributed by atoms with Crippen LogP contribution in [0.5, 0.6) is 0 Å².